The molecule has 0 aromatic rings. The molecule has 0 amide bonds. The van der Waals surface area contributed by atoms with Gasteiger partial charge in [-0.2, -0.15) is 0 Å². The van der Waals surface area contributed by atoms with E-state index in [-0.39, 0.29) is 0 Å². The van der Waals surface area contributed by atoms with Crippen LogP contribution in [0.3, 0.4) is 0 Å². The van der Waals surface area contributed by atoms with E-state index >= 15 is 0 Å². The minimum absolute atomic E-state index is 0.393. The smallest absolute Gasteiger partial charge is 0.104 e. The van der Waals surface area contributed by atoms with Crippen molar-refractivity contribution >= 4 is 12.0 Å². The van der Waals surface area contributed by atoms with Crippen LogP contribution >= 0.6 is 12.0 Å². The third kappa shape index (κ3) is 5.83. The number of hydrogen-bond acceptors (Lipinski definition) is 4. The van der Waals surface area contributed by atoms with E-state index in [1.165, 1.54) is 12.0 Å². The van der Waals surface area contributed by atoms with Gasteiger partial charge in [0.15, 0.2) is 0 Å². The fourth-order valence-corrected chi connectivity index (χ4v) is 1.26. The van der Waals surface area contributed by atoms with E-state index in [0.717, 1.165) is 38.6 Å². The molecule has 1 fully saturated rings. The molecule has 0 aromatic carbocycles. The van der Waals surface area contributed by atoms with Gasteiger partial charge in [0.1, 0.15) is 6.10 Å². The summed E-state index contributed by atoms with van der Waals surface area (Å²) in [6.45, 7) is 5.24. The van der Waals surface area contributed by atoms with Crippen molar-refractivity contribution in [2.24, 2.45) is 0 Å². The SMILES string of the molecule is CCOSCCCOCC1CO1. The lowest BCUT2D eigenvalue weighted by Gasteiger charge is -2.01. The first-order chi connectivity index (χ1) is 5.93. The molecule has 4 heteroatoms. The zero-order valence-corrected chi connectivity index (χ0v) is 8.27. The van der Waals surface area contributed by atoms with E-state index in [1.807, 2.05) is 6.92 Å². The van der Waals surface area contributed by atoms with Gasteiger partial charge in [-0.15, -0.1) is 0 Å². The molecule has 1 aliphatic heterocycles. The summed E-state index contributed by atoms with van der Waals surface area (Å²) in [5.74, 6) is 1.01. The van der Waals surface area contributed by atoms with E-state index in [2.05, 4.69) is 0 Å². The van der Waals surface area contributed by atoms with Gasteiger partial charge in [-0.25, -0.2) is 0 Å². The number of ether oxygens (including phenoxy) is 2. The van der Waals surface area contributed by atoms with Crippen molar-refractivity contribution in [3.63, 3.8) is 0 Å². The second kappa shape index (κ2) is 6.71. The highest BCUT2D eigenvalue weighted by molar-refractivity contribution is 7.94. The van der Waals surface area contributed by atoms with E-state index in [4.69, 9.17) is 13.7 Å². The van der Waals surface area contributed by atoms with Gasteiger partial charge < -0.3 is 13.7 Å². The molecule has 1 rings (SSSR count). The Morgan fingerprint density at radius 3 is 3.08 bits per heavy atom. The van der Waals surface area contributed by atoms with Crippen LogP contribution in [-0.4, -0.2) is 38.3 Å². The predicted octanol–water partition coefficient (Wildman–Crippen LogP) is 1.48. The molecule has 1 aliphatic rings. The largest absolute Gasteiger partial charge is 0.379 e. The molecule has 1 unspecified atom stereocenters. The summed E-state index contributed by atoms with van der Waals surface area (Å²) in [7, 11) is 0. The zero-order valence-electron chi connectivity index (χ0n) is 7.45. The molecule has 1 atom stereocenters. The molecular weight excluding hydrogens is 176 g/mol. The Morgan fingerprint density at radius 1 is 1.58 bits per heavy atom. The molecule has 12 heavy (non-hydrogen) atoms. The van der Waals surface area contributed by atoms with Gasteiger partial charge in [0.25, 0.3) is 0 Å². The number of epoxide rings is 1. The highest BCUT2D eigenvalue weighted by Gasteiger charge is 2.21. The van der Waals surface area contributed by atoms with Crippen LogP contribution in [0, 0.1) is 0 Å². The van der Waals surface area contributed by atoms with E-state index in [0.29, 0.717) is 6.10 Å². The van der Waals surface area contributed by atoms with Crippen molar-refractivity contribution in [1.29, 1.82) is 0 Å². The summed E-state index contributed by atoms with van der Waals surface area (Å²) in [6, 6.07) is 0. The Kier molecular flexibility index (Phi) is 5.77. The second-order valence-electron chi connectivity index (χ2n) is 2.61. The Balaban J connectivity index is 1.65. The van der Waals surface area contributed by atoms with E-state index < -0.39 is 0 Å². The normalized spacial score (nSPS) is 21.2. The van der Waals surface area contributed by atoms with Crippen molar-refractivity contribution in [2.45, 2.75) is 19.4 Å². The fourth-order valence-electron chi connectivity index (χ4n) is 0.741. The zero-order chi connectivity index (χ0) is 8.65. The Bertz CT molecular complexity index is 106. The topological polar surface area (TPSA) is 31.0 Å². The van der Waals surface area contributed by atoms with Gasteiger partial charge in [-0.05, 0) is 25.4 Å². The van der Waals surface area contributed by atoms with Crippen LogP contribution < -0.4 is 0 Å². The van der Waals surface area contributed by atoms with Crippen molar-refractivity contribution in [2.75, 3.05) is 32.2 Å². The van der Waals surface area contributed by atoms with Crippen molar-refractivity contribution in [3.05, 3.63) is 0 Å². The van der Waals surface area contributed by atoms with Crippen molar-refractivity contribution < 1.29 is 13.7 Å². The van der Waals surface area contributed by atoms with Crippen LogP contribution in [-0.2, 0) is 13.7 Å². The number of hydrogen-bond donors (Lipinski definition) is 0. The van der Waals surface area contributed by atoms with Crippen LogP contribution in [0.25, 0.3) is 0 Å². The number of rotatable bonds is 8. The van der Waals surface area contributed by atoms with E-state index in [9.17, 15) is 0 Å². The summed E-state index contributed by atoms with van der Waals surface area (Å²) in [5.41, 5.74) is 0. The lowest BCUT2D eigenvalue weighted by atomic mass is 10.5. The first-order valence-electron chi connectivity index (χ1n) is 4.37. The van der Waals surface area contributed by atoms with Crippen LogP contribution in [0.15, 0.2) is 0 Å². The first-order valence-corrected chi connectivity index (χ1v) is 5.28. The van der Waals surface area contributed by atoms with Gasteiger partial charge in [0, 0.05) is 12.4 Å². The maximum absolute atomic E-state index is 5.34. The predicted molar refractivity (Wildman–Crippen MR) is 49.3 cm³/mol. The molecule has 0 aliphatic carbocycles. The quantitative estimate of drug-likeness (QED) is 0.331. The highest BCUT2D eigenvalue weighted by Crippen LogP contribution is 2.09. The Labute approximate surface area is 78.0 Å². The van der Waals surface area contributed by atoms with Gasteiger partial charge >= 0.3 is 0 Å². The van der Waals surface area contributed by atoms with Crippen LogP contribution in [0.2, 0.25) is 0 Å². The summed E-state index contributed by atoms with van der Waals surface area (Å²) in [6.07, 6.45) is 1.45. The van der Waals surface area contributed by atoms with Crippen LogP contribution in [0.5, 0.6) is 0 Å². The summed E-state index contributed by atoms with van der Waals surface area (Å²) in [5, 5.41) is 0. The maximum atomic E-state index is 5.34. The lowest BCUT2D eigenvalue weighted by Crippen LogP contribution is -2.03. The van der Waals surface area contributed by atoms with Gasteiger partial charge in [0.2, 0.25) is 0 Å². The van der Waals surface area contributed by atoms with Crippen LogP contribution in [0.1, 0.15) is 13.3 Å². The summed E-state index contributed by atoms with van der Waals surface area (Å²) >= 11 is 1.52. The molecule has 72 valence electrons. The van der Waals surface area contributed by atoms with Crippen molar-refractivity contribution in [3.8, 4) is 0 Å². The first kappa shape index (κ1) is 10.3. The average Bonchev–Trinajstić information content (AvgIpc) is 2.87. The van der Waals surface area contributed by atoms with Crippen LogP contribution in [0.4, 0.5) is 0 Å². The molecule has 1 heterocycles. The lowest BCUT2D eigenvalue weighted by molar-refractivity contribution is 0.117. The van der Waals surface area contributed by atoms with Gasteiger partial charge in [-0.3, -0.25) is 0 Å². The van der Waals surface area contributed by atoms with Crippen molar-refractivity contribution in [1.82, 2.24) is 0 Å². The standard InChI is InChI=1S/C8H16O3S/c1-2-11-12-5-3-4-9-6-8-7-10-8/h8H,2-7H2,1H3. The second-order valence-corrected chi connectivity index (χ2v) is 3.49. The molecule has 0 spiro atoms. The molecular formula is C8H16O3S. The maximum Gasteiger partial charge on any atom is 0.104 e. The molecule has 0 saturated carbocycles. The highest BCUT2D eigenvalue weighted by atomic mass is 32.2. The Morgan fingerprint density at radius 2 is 2.42 bits per heavy atom. The monoisotopic (exact) mass is 192 g/mol. The van der Waals surface area contributed by atoms with Gasteiger partial charge in [0.05, 0.1) is 19.8 Å². The minimum Gasteiger partial charge on any atom is -0.379 e. The molecule has 0 aromatic heterocycles. The third-order valence-electron chi connectivity index (χ3n) is 1.42. The third-order valence-corrected chi connectivity index (χ3v) is 2.28. The molecule has 3 nitrogen and oxygen atoms in total. The molecule has 0 bridgehead atoms. The molecule has 0 radical (unpaired) electrons. The summed E-state index contributed by atoms with van der Waals surface area (Å²) < 4.78 is 15.5. The minimum atomic E-state index is 0.393. The summed E-state index contributed by atoms with van der Waals surface area (Å²) in [4.78, 5) is 0. The Hall–Kier alpha value is 0.230. The van der Waals surface area contributed by atoms with Gasteiger partial charge in [-0.1, -0.05) is 0 Å². The fraction of sp³-hybridized carbons (Fsp3) is 1.00. The average molecular weight is 192 g/mol. The van der Waals surface area contributed by atoms with E-state index in [1.54, 1.807) is 0 Å². The molecule has 1 saturated heterocycles. The molecule has 0 N–H and O–H groups in total.